The van der Waals surface area contributed by atoms with E-state index in [1.807, 2.05) is 29.1 Å². The number of pyridine rings is 1. The molecule has 1 N–H and O–H groups in total. The summed E-state index contributed by atoms with van der Waals surface area (Å²) in [6.45, 7) is 2.95. The van der Waals surface area contributed by atoms with E-state index in [4.69, 9.17) is 9.97 Å². The highest BCUT2D eigenvalue weighted by Gasteiger charge is 2.21. The third-order valence-corrected chi connectivity index (χ3v) is 4.27. The Bertz CT molecular complexity index is 813. The molecular weight excluding hydrogens is 300 g/mol. The average Bonchev–Trinajstić information content (AvgIpc) is 3.27. The van der Waals surface area contributed by atoms with Crippen molar-refractivity contribution in [2.45, 2.75) is 38.8 Å². The fraction of sp³-hybridized carbons (Fsp3) is 0.333. The van der Waals surface area contributed by atoms with Gasteiger partial charge in [-0.3, -0.25) is 9.67 Å². The highest BCUT2D eigenvalue weighted by atomic mass is 15.3. The molecule has 1 atom stereocenters. The zero-order valence-electron chi connectivity index (χ0n) is 13.7. The van der Waals surface area contributed by atoms with Gasteiger partial charge >= 0.3 is 0 Å². The van der Waals surface area contributed by atoms with Crippen LogP contribution >= 0.6 is 0 Å². The Morgan fingerprint density at radius 2 is 2.04 bits per heavy atom. The quantitative estimate of drug-likeness (QED) is 0.783. The lowest BCUT2D eigenvalue weighted by Crippen LogP contribution is -2.24. The number of aromatic nitrogens is 5. The molecule has 0 saturated heterocycles. The van der Waals surface area contributed by atoms with Crippen molar-refractivity contribution in [1.29, 1.82) is 0 Å². The number of hydrogen-bond acceptors (Lipinski definition) is 5. The van der Waals surface area contributed by atoms with Crippen LogP contribution in [0.5, 0.6) is 0 Å². The fourth-order valence-corrected chi connectivity index (χ4v) is 3.15. The Balaban J connectivity index is 1.63. The first-order valence-electron chi connectivity index (χ1n) is 8.34. The molecule has 0 fully saturated rings. The lowest BCUT2D eigenvalue weighted by atomic mass is 10.2. The number of nitrogens with zero attached hydrogens (tertiary/aromatic N) is 5. The first kappa shape index (κ1) is 14.8. The van der Waals surface area contributed by atoms with Gasteiger partial charge in [-0.05, 0) is 44.4 Å². The summed E-state index contributed by atoms with van der Waals surface area (Å²) in [4.78, 5) is 13.7. The Hall–Kier alpha value is -2.76. The molecule has 24 heavy (non-hydrogen) atoms. The molecule has 1 aliphatic rings. The maximum absolute atomic E-state index is 4.80. The number of aryl methyl sites for hydroxylation is 1. The molecule has 0 bridgehead atoms. The minimum Gasteiger partial charge on any atom is -0.365 e. The zero-order valence-corrected chi connectivity index (χ0v) is 13.7. The van der Waals surface area contributed by atoms with E-state index in [2.05, 4.69) is 22.3 Å². The van der Waals surface area contributed by atoms with Gasteiger partial charge in [0.15, 0.2) is 5.82 Å². The average molecular weight is 320 g/mol. The summed E-state index contributed by atoms with van der Waals surface area (Å²) in [6, 6.07) is 6.08. The molecule has 122 valence electrons. The van der Waals surface area contributed by atoms with Crippen molar-refractivity contribution < 1.29 is 0 Å². The summed E-state index contributed by atoms with van der Waals surface area (Å²) in [7, 11) is 0. The number of rotatable bonds is 5. The van der Waals surface area contributed by atoms with Gasteiger partial charge in [0.1, 0.15) is 5.82 Å². The van der Waals surface area contributed by atoms with Crippen molar-refractivity contribution in [2.24, 2.45) is 0 Å². The van der Waals surface area contributed by atoms with Gasteiger partial charge < -0.3 is 5.32 Å². The largest absolute Gasteiger partial charge is 0.365 e. The van der Waals surface area contributed by atoms with E-state index in [1.54, 1.807) is 18.6 Å². The molecule has 6 nitrogen and oxygen atoms in total. The number of nitrogens with one attached hydrogen (secondary N) is 1. The summed E-state index contributed by atoms with van der Waals surface area (Å²) >= 11 is 0. The molecule has 0 aromatic carbocycles. The Morgan fingerprint density at radius 3 is 2.83 bits per heavy atom. The topological polar surface area (TPSA) is 68.5 Å². The summed E-state index contributed by atoms with van der Waals surface area (Å²) in [6.07, 6.45) is 10.5. The van der Waals surface area contributed by atoms with E-state index in [0.717, 1.165) is 43.0 Å². The second-order valence-electron chi connectivity index (χ2n) is 6.18. The van der Waals surface area contributed by atoms with E-state index < -0.39 is 0 Å². The number of anilines is 1. The van der Waals surface area contributed by atoms with Crippen LogP contribution in [0.1, 0.15) is 24.6 Å². The van der Waals surface area contributed by atoms with E-state index in [9.17, 15) is 0 Å². The van der Waals surface area contributed by atoms with Crippen LogP contribution in [0.15, 0.2) is 43.0 Å². The molecule has 3 aromatic heterocycles. The monoisotopic (exact) mass is 320 g/mol. The van der Waals surface area contributed by atoms with E-state index >= 15 is 0 Å². The molecule has 0 amide bonds. The van der Waals surface area contributed by atoms with Crippen molar-refractivity contribution in [1.82, 2.24) is 24.7 Å². The summed E-state index contributed by atoms with van der Waals surface area (Å²) in [5.41, 5.74) is 3.44. The predicted molar refractivity (Wildman–Crippen MR) is 92.6 cm³/mol. The molecule has 0 radical (unpaired) electrons. The Kier molecular flexibility index (Phi) is 3.94. The molecule has 3 heterocycles. The Labute approximate surface area is 141 Å². The Morgan fingerprint density at radius 1 is 1.17 bits per heavy atom. The van der Waals surface area contributed by atoms with Crippen molar-refractivity contribution in [3.8, 4) is 11.4 Å². The van der Waals surface area contributed by atoms with Crippen LogP contribution < -0.4 is 5.32 Å². The minimum absolute atomic E-state index is 0.231. The smallest absolute Gasteiger partial charge is 0.161 e. The lowest BCUT2D eigenvalue weighted by molar-refractivity contribution is 0.559. The normalized spacial score (nSPS) is 14.4. The lowest BCUT2D eigenvalue weighted by Gasteiger charge is -2.18. The second kappa shape index (κ2) is 6.39. The van der Waals surface area contributed by atoms with Crippen molar-refractivity contribution in [3.05, 3.63) is 54.2 Å². The van der Waals surface area contributed by atoms with Gasteiger partial charge in [-0.25, -0.2) is 9.97 Å². The van der Waals surface area contributed by atoms with Crippen LogP contribution in [-0.4, -0.2) is 30.8 Å². The van der Waals surface area contributed by atoms with Crippen molar-refractivity contribution in [2.75, 3.05) is 5.32 Å². The standard InChI is InChI=1S/C18H20N6/c1-13(12-24-11-3-8-20-24)21-18-15-4-2-5-16(15)22-17(23-18)14-6-9-19-10-7-14/h3,6-11,13H,2,4-5,12H2,1H3,(H,21,22,23). The van der Waals surface area contributed by atoms with Crippen LogP contribution in [0, 0.1) is 0 Å². The molecular formula is C18H20N6. The number of fused-ring (bicyclic) bond motifs is 1. The first-order chi connectivity index (χ1) is 11.8. The van der Waals surface area contributed by atoms with Crippen LogP contribution in [-0.2, 0) is 19.4 Å². The van der Waals surface area contributed by atoms with Gasteiger partial charge in [0.25, 0.3) is 0 Å². The number of hydrogen-bond donors (Lipinski definition) is 1. The van der Waals surface area contributed by atoms with Crippen LogP contribution in [0.2, 0.25) is 0 Å². The van der Waals surface area contributed by atoms with E-state index in [1.165, 1.54) is 11.3 Å². The molecule has 0 spiro atoms. The third-order valence-electron chi connectivity index (χ3n) is 4.27. The fourth-order valence-electron chi connectivity index (χ4n) is 3.15. The molecule has 0 saturated carbocycles. The molecule has 6 heteroatoms. The maximum atomic E-state index is 4.80. The van der Waals surface area contributed by atoms with E-state index in [0.29, 0.717) is 0 Å². The van der Waals surface area contributed by atoms with Crippen molar-refractivity contribution in [3.63, 3.8) is 0 Å². The molecule has 1 aliphatic carbocycles. The van der Waals surface area contributed by atoms with Crippen LogP contribution in [0.25, 0.3) is 11.4 Å². The summed E-state index contributed by atoms with van der Waals surface area (Å²) < 4.78 is 1.93. The highest BCUT2D eigenvalue weighted by molar-refractivity contribution is 5.60. The highest BCUT2D eigenvalue weighted by Crippen LogP contribution is 2.29. The van der Waals surface area contributed by atoms with Gasteiger partial charge in [0.2, 0.25) is 0 Å². The van der Waals surface area contributed by atoms with Gasteiger partial charge in [0.05, 0.1) is 6.54 Å². The van der Waals surface area contributed by atoms with Gasteiger partial charge in [-0.1, -0.05) is 0 Å². The molecule has 1 unspecified atom stereocenters. The molecule has 3 aromatic rings. The minimum atomic E-state index is 0.231. The van der Waals surface area contributed by atoms with Crippen molar-refractivity contribution >= 4 is 5.82 Å². The van der Waals surface area contributed by atoms with Gasteiger partial charge in [-0.2, -0.15) is 5.10 Å². The molecule has 0 aliphatic heterocycles. The first-order valence-corrected chi connectivity index (χ1v) is 8.34. The maximum Gasteiger partial charge on any atom is 0.161 e. The summed E-state index contributed by atoms with van der Waals surface area (Å²) in [5, 5.41) is 7.84. The molecule has 4 rings (SSSR count). The predicted octanol–water partition coefficient (Wildman–Crippen LogP) is 2.72. The third kappa shape index (κ3) is 2.99. The SMILES string of the molecule is CC(Cn1cccn1)Nc1nc(-c2ccncc2)nc2c1CCC2. The van der Waals surface area contributed by atoms with Gasteiger partial charge in [-0.15, -0.1) is 0 Å². The zero-order chi connectivity index (χ0) is 16.4. The second-order valence-corrected chi connectivity index (χ2v) is 6.18. The van der Waals surface area contributed by atoms with Crippen LogP contribution in [0.4, 0.5) is 5.82 Å². The van der Waals surface area contributed by atoms with E-state index in [-0.39, 0.29) is 6.04 Å². The van der Waals surface area contributed by atoms with Crippen LogP contribution in [0.3, 0.4) is 0 Å². The summed E-state index contributed by atoms with van der Waals surface area (Å²) in [5.74, 6) is 1.73. The van der Waals surface area contributed by atoms with Gasteiger partial charge in [0, 0.05) is 47.7 Å².